The standard InChI is InChI=1S/C12H12BrClN4OS/c1-18(2)12-17-10(15)9(20-12)11(19)16-8-5-6(13)3-4-7(8)14/h3-5H,15H2,1-2H3,(H,16,19). The summed E-state index contributed by atoms with van der Waals surface area (Å²) in [7, 11) is 3.68. The van der Waals surface area contributed by atoms with Gasteiger partial charge in [-0.3, -0.25) is 4.79 Å². The van der Waals surface area contributed by atoms with E-state index in [1.165, 1.54) is 11.3 Å². The van der Waals surface area contributed by atoms with Crippen molar-refractivity contribution in [2.75, 3.05) is 30.0 Å². The molecule has 2 aromatic rings. The summed E-state index contributed by atoms with van der Waals surface area (Å²) in [6.45, 7) is 0. The Morgan fingerprint density at radius 1 is 1.50 bits per heavy atom. The molecule has 1 amide bonds. The first kappa shape index (κ1) is 15.1. The van der Waals surface area contributed by atoms with Crippen LogP contribution in [-0.4, -0.2) is 25.0 Å². The topological polar surface area (TPSA) is 71.2 Å². The zero-order valence-corrected chi connectivity index (χ0v) is 13.9. The molecule has 2 rings (SSSR count). The Bertz CT molecular complexity index is 659. The lowest BCUT2D eigenvalue weighted by atomic mass is 10.3. The van der Waals surface area contributed by atoms with Crippen molar-refractivity contribution in [2.24, 2.45) is 0 Å². The molecule has 20 heavy (non-hydrogen) atoms. The SMILES string of the molecule is CN(C)c1nc(N)c(C(=O)Nc2cc(Br)ccc2Cl)s1. The smallest absolute Gasteiger partial charge is 0.269 e. The summed E-state index contributed by atoms with van der Waals surface area (Å²) in [5.74, 6) is -0.115. The number of hydrogen-bond acceptors (Lipinski definition) is 5. The van der Waals surface area contributed by atoms with Crippen molar-refractivity contribution in [1.82, 2.24) is 4.98 Å². The number of hydrogen-bond donors (Lipinski definition) is 2. The fraction of sp³-hybridized carbons (Fsp3) is 0.167. The molecule has 0 unspecified atom stereocenters. The van der Waals surface area contributed by atoms with Crippen LogP contribution in [0.25, 0.3) is 0 Å². The normalized spacial score (nSPS) is 10.4. The molecule has 5 nitrogen and oxygen atoms in total. The molecule has 0 spiro atoms. The number of anilines is 3. The number of halogens is 2. The van der Waals surface area contributed by atoms with E-state index >= 15 is 0 Å². The highest BCUT2D eigenvalue weighted by Gasteiger charge is 2.18. The Kier molecular flexibility index (Phi) is 4.52. The van der Waals surface area contributed by atoms with Crippen molar-refractivity contribution in [3.63, 3.8) is 0 Å². The Hall–Kier alpha value is -1.31. The van der Waals surface area contributed by atoms with Crippen LogP contribution in [0.15, 0.2) is 22.7 Å². The monoisotopic (exact) mass is 374 g/mol. The minimum Gasteiger partial charge on any atom is -0.382 e. The second-order valence-electron chi connectivity index (χ2n) is 4.18. The highest BCUT2D eigenvalue weighted by atomic mass is 79.9. The van der Waals surface area contributed by atoms with E-state index in [1.807, 2.05) is 14.1 Å². The minimum absolute atomic E-state index is 0.210. The van der Waals surface area contributed by atoms with Gasteiger partial charge in [-0.15, -0.1) is 0 Å². The predicted molar refractivity (Wildman–Crippen MR) is 88.0 cm³/mol. The van der Waals surface area contributed by atoms with Crippen LogP contribution in [-0.2, 0) is 0 Å². The van der Waals surface area contributed by atoms with Crippen LogP contribution in [0.4, 0.5) is 16.6 Å². The Balaban J connectivity index is 2.26. The largest absolute Gasteiger partial charge is 0.382 e. The van der Waals surface area contributed by atoms with E-state index in [0.29, 0.717) is 20.7 Å². The molecule has 0 atom stereocenters. The van der Waals surface area contributed by atoms with Gasteiger partial charge in [0.2, 0.25) is 0 Å². The van der Waals surface area contributed by atoms with Gasteiger partial charge in [-0.25, -0.2) is 4.98 Å². The van der Waals surface area contributed by atoms with E-state index in [4.69, 9.17) is 17.3 Å². The molecular formula is C12H12BrClN4OS. The van der Waals surface area contributed by atoms with Gasteiger partial charge in [0, 0.05) is 18.6 Å². The molecule has 106 valence electrons. The summed E-state index contributed by atoms with van der Waals surface area (Å²) in [4.78, 5) is 18.5. The number of thiazole rings is 1. The predicted octanol–water partition coefficient (Wildman–Crippen LogP) is 3.46. The Morgan fingerprint density at radius 3 is 2.80 bits per heavy atom. The van der Waals surface area contributed by atoms with Crippen molar-refractivity contribution in [2.45, 2.75) is 0 Å². The zero-order valence-electron chi connectivity index (χ0n) is 10.8. The van der Waals surface area contributed by atoms with Crippen LogP contribution < -0.4 is 16.0 Å². The first-order valence-corrected chi connectivity index (χ1v) is 7.57. The number of nitrogens with zero attached hydrogens (tertiary/aromatic N) is 2. The minimum atomic E-state index is -0.326. The number of rotatable bonds is 3. The number of aromatic nitrogens is 1. The molecule has 0 fully saturated rings. The molecule has 8 heteroatoms. The van der Waals surface area contributed by atoms with Gasteiger partial charge in [-0.05, 0) is 18.2 Å². The van der Waals surface area contributed by atoms with Crippen molar-refractivity contribution in [3.05, 3.63) is 32.6 Å². The van der Waals surface area contributed by atoms with E-state index in [-0.39, 0.29) is 11.7 Å². The Morgan fingerprint density at radius 2 is 2.20 bits per heavy atom. The fourth-order valence-electron chi connectivity index (χ4n) is 1.45. The van der Waals surface area contributed by atoms with Crippen molar-refractivity contribution in [1.29, 1.82) is 0 Å². The van der Waals surface area contributed by atoms with Gasteiger partial charge in [-0.1, -0.05) is 38.9 Å². The van der Waals surface area contributed by atoms with Crippen LogP contribution in [0.3, 0.4) is 0 Å². The number of nitrogen functional groups attached to an aromatic ring is 1. The molecule has 3 N–H and O–H groups in total. The third-order valence-corrected chi connectivity index (χ3v) is 4.47. The van der Waals surface area contributed by atoms with Crippen LogP contribution in [0.2, 0.25) is 5.02 Å². The molecule has 1 aromatic heterocycles. The first-order chi connectivity index (χ1) is 9.38. The van der Waals surface area contributed by atoms with Gasteiger partial charge in [-0.2, -0.15) is 0 Å². The average molecular weight is 376 g/mol. The quantitative estimate of drug-likeness (QED) is 0.862. The van der Waals surface area contributed by atoms with Gasteiger partial charge >= 0.3 is 0 Å². The van der Waals surface area contributed by atoms with E-state index in [2.05, 4.69) is 26.2 Å². The summed E-state index contributed by atoms with van der Waals surface area (Å²) in [6.07, 6.45) is 0. The van der Waals surface area contributed by atoms with Crippen molar-refractivity contribution >= 4 is 61.4 Å². The third-order valence-electron chi connectivity index (χ3n) is 2.41. The first-order valence-electron chi connectivity index (χ1n) is 5.58. The maximum atomic E-state index is 12.2. The molecule has 0 aliphatic heterocycles. The summed E-state index contributed by atoms with van der Waals surface area (Å²) in [6, 6.07) is 5.22. The molecule has 0 aliphatic carbocycles. The summed E-state index contributed by atoms with van der Waals surface area (Å²) < 4.78 is 0.823. The molecule has 1 heterocycles. The summed E-state index contributed by atoms with van der Waals surface area (Å²) in [5.41, 5.74) is 6.29. The van der Waals surface area contributed by atoms with Crippen molar-refractivity contribution in [3.8, 4) is 0 Å². The lowest BCUT2D eigenvalue weighted by molar-refractivity contribution is 0.103. The van der Waals surface area contributed by atoms with Crippen LogP contribution in [0, 0.1) is 0 Å². The number of nitrogens with two attached hydrogens (primary N) is 1. The lowest BCUT2D eigenvalue weighted by Crippen LogP contribution is -2.12. The maximum Gasteiger partial charge on any atom is 0.269 e. The van der Waals surface area contributed by atoms with E-state index in [9.17, 15) is 4.79 Å². The molecule has 0 saturated heterocycles. The number of nitrogens with one attached hydrogen (secondary N) is 1. The molecule has 0 bridgehead atoms. The van der Waals surface area contributed by atoms with Gasteiger partial charge in [0.1, 0.15) is 10.7 Å². The van der Waals surface area contributed by atoms with E-state index < -0.39 is 0 Å². The maximum absolute atomic E-state index is 12.2. The third kappa shape index (κ3) is 3.23. The highest BCUT2D eigenvalue weighted by Crippen LogP contribution is 2.30. The molecule has 0 aliphatic rings. The van der Waals surface area contributed by atoms with Crippen molar-refractivity contribution < 1.29 is 4.79 Å². The van der Waals surface area contributed by atoms with Gasteiger partial charge < -0.3 is 16.0 Å². The second-order valence-corrected chi connectivity index (χ2v) is 6.48. The average Bonchev–Trinajstić information content (AvgIpc) is 2.76. The van der Waals surface area contributed by atoms with E-state index in [0.717, 1.165) is 4.47 Å². The number of benzene rings is 1. The molecule has 1 aromatic carbocycles. The Labute approximate surface area is 133 Å². The molecule has 0 saturated carbocycles. The van der Waals surface area contributed by atoms with Gasteiger partial charge in [0.15, 0.2) is 5.13 Å². The van der Waals surface area contributed by atoms with Crippen LogP contribution >= 0.6 is 38.9 Å². The second kappa shape index (κ2) is 5.99. The van der Waals surface area contributed by atoms with Crippen LogP contribution in [0.1, 0.15) is 9.67 Å². The van der Waals surface area contributed by atoms with E-state index in [1.54, 1.807) is 23.1 Å². The molecule has 0 radical (unpaired) electrons. The number of amides is 1. The molecular weight excluding hydrogens is 364 g/mol. The zero-order chi connectivity index (χ0) is 14.9. The van der Waals surface area contributed by atoms with Gasteiger partial charge in [0.25, 0.3) is 5.91 Å². The summed E-state index contributed by atoms with van der Waals surface area (Å²) in [5, 5.41) is 3.86. The number of carbonyl (C=O) groups is 1. The highest BCUT2D eigenvalue weighted by molar-refractivity contribution is 9.10. The number of carbonyl (C=O) groups excluding carboxylic acids is 1. The van der Waals surface area contributed by atoms with Crippen LogP contribution in [0.5, 0.6) is 0 Å². The fourth-order valence-corrected chi connectivity index (χ4v) is 2.78. The van der Waals surface area contributed by atoms with Gasteiger partial charge in [0.05, 0.1) is 10.7 Å². The summed E-state index contributed by atoms with van der Waals surface area (Å²) >= 11 is 10.6. The lowest BCUT2D eigenvalue weighted by Gasteiger charge is -2.07.